The molecule has 0 unspecified atom stereocenters. The molecule has 2 aromatic carbocycles. The van der Waals surface area contributed by atoms with Crippen LogP contribution in [0.5, 0.6) is 0 Å². The van der Waals surface area contributed by atoms with Gasteiger partial charge in [-0.05, 0) is 43.8 Å². The van der Waals surface area contributed by atoms with Gasteiger partial charge in [0.25, 0.3) is 0 Å². The Hall–Kier alpha value is -2.66. The van der Waals surface area contributed by atoms with Gasteiger partial charge < -0.3 is 5.32 Å². The summed E-state index contributed by atoms with van der Waals surface area (Å²) in [6.45, 7) is 2.28. The zero-order chi connectivity index (χ0) is 15.5. The van der Waals surface area contributed by atoms with E-state index in [2.05, 4.69) is 15.5 Å². The second kappa shape index (κ2) is 5.99. The molecule has 1 aromatic heterocycles. The van der Waals surface area contributed by atoms with Crippen molar-refractivity contribution in [2.45, 2.75) is 6.92 Å². The number of hydrogen-bond donors (Lipinski definition) is 2. The number of carbonyl (C=O) groups is 1. The number of amides is 1. The molecule has 0 spiro atoms. The molecular formula is C17H18N4O. The molecule has 1 amide bonds. The topological polar surface area (TPSA) is 61.0 Å². The Labute approximate surface area is 128 Å². The number of aromatic amines is 1. The Morgan fingerprint density at radius 1 is 1.27 bits per heavy atom. The van der Waals surface area contributed by atoms with E-state index in [4.69, 9.17) is 0 Å². The van der Waals surface area contributed by atoms with Crippen LogP contribution in [-0.2, 0) is 4.79 Å². The Balaban J connectivity index is 2.12. The van der Waals surface area contributed by atoms with E-state index in [1.807, 2.05) is 49.4 Å². The molecule has 3 aromatic rings. The summed E-state index contributed by atoms with van der Waals surface area (Å²) < 4.78 is 0. The molecule has 5 heteroatoms. The van der Waals surface area contributed by atoms with Gasteiger partial charge in [0.2, 0.25) is 5.91 Å². The lowest BCUT2D eigenvalue weighted by molar-refractivity contribution is -0.117. The van der Waals surface area contributed by atoms with Crippen LogP contribution in [0.3, 0.4) is 0 Å². The minimum absolute atomic E-state index is 0.000329. The molecule has 0 aliphatic heterocycles. The molecule has 0 bridgehead atoms. The molecule has 0 aliphatic carbocycles. The summed E-state index contributed by atoms with van der Waals surface area (Å²) in [6, 6.07) is 13.7. The number of nitrogens with one attached hydrogen (secondary N) is 2. The molecule has 0 radical (unpaired) electrons. The number of nitrogens with zero attached hydrogens (tertiary/aromatic N) is 2. The van der Waals surface area contributed by atoms with Crippen LogP contribution in [0, 0.1) is 6.92 Å². The maximum Gasteiger partial charge on any atom is 0.245 e. The third-order valence-electron chi connectivity index (χ3n) is 3.62. The molecule has 22 heavy (non-hydrogen) atoms. The smallest absolute Gasteiger partial charge is 0.245 e. The molecule has 1 heterocycles. The monoisotopic (exact) mass is 294 g/mol. The number of hydrogen-bond acceptors (Lipinski definition) is 3. The molecule has 3 rings (SSSR count). The van der Waals surface area contributed by atoms with Gasteiger partial charge in [-0.25, -0.2) is 0 Å². The van der Waals surface area contributed by atoms with Crippen LogP contribution >= 0.6 is 0 Å². The molecule has 0 saturated carbocycles. The molecule has 5 nitrogen and oxygen atoms in total. The van der Waals surface area contributed by atoms with Gasteiger partial charge in [0.05, 0.1) is 23.9 Å². The van der Waals surface area contributed by atoms with Gasteiger partial charge in [0, 0.05) is 11.1 Å². The summed E-state index contributed by atoms with van der Waals surface area (Å²) in [5.41, 5.74) is 3.74. The van der Waals surface area contributed by atoms with Gasteiger partial charge in [-0.2, -0.15) is 5.10 Å². The Morgan fingerprint density at radius 3 is 2.86 bits per heavy atom. The zero-order valence-corrected chi connectivity index (χ0v) is 12.6. The lowest BCUT2D eigenvalue weighted by Gasteiger charge is -2.24. The highest BCUT2D eigenvalue weighted by Gasteiger charge is 2.19. The third kappa shape index (κ3) is 2.58. The van der Waals surface area contributed by atoms with Gasteiger partial charge in [0.15, 0.2) is 0 Å². The van der Waals surface area contributed by atoms with E-state index in [9.17, 15) is 4.79 Å². The van der Waals surface area contributed by atoms with E-state index < -0.39 is 0 Å². The van der Waals surface area contributed by atoms with Gasteiger partial charge >= 0.3 is 0 Å². The Bertz CT molecular complexity index is 809. The van der Waals surface area contributed by atoms with E-state index in [-0.39, 0.29) is 12.5 Å². The number of benzene rings is 2. The third-order valence-corrected chi connectivity index (χ3v) is 3.62. The summed E-state index contributed by atoms with van der Waals surface area (Å²) in [6.07, 6.45) is 1.76. The number of anilines is 2. The van der Waals surface area contributed by atoms with Gasteiger partial charge in [0.1, 0.15) is 0 Å². The normalized spacial score (nSPS) is 10.8. The number of rotatable bonds is 4. The molecule has 112 valence electrons. The van der Waals surface area contributed by atoms with Crippen molar-refractivity contribution in [3.63, 3.8) is 0 Å². The molecular weight excluding hydrogens is 276 g/mol. The number of aryl methyl sites for hydroxylation is 1. The van der Waals surface area contributed by atoms with Crippen molar-refractivity contribution in [2.75, 3.05) is 18.5 Å². The van der Waals surface area contributed by atoms with Crippen molar-refractivity contribution in [3.05, 3.63) is 54.2 Å². The molecule has 0 fully saturated rings. The number of H-pyrrole nitrogens is 1. The second-order valence-electron chi connectivity index (χ2n) is 5.19. The Morgan fingerprint density at radius 2 is 2.09 bits per heavy atom. The molecule has 0 atom stereocenters. The molecule has 0 saturated heterocycles. The van der Waals surface area contributed by atoms with E-state index in [1.165, 1.54) is 0 Å². The van der Waals surface area contributed by atoms with Gasteiger partial charge in [-0.1, -0.05) is 18.2 Å². The van der Waals surface area contributed by atoms with E-state index in [1.54, 1.807) is 18.1 Å². The maximum atomic E-state index is 12.6. The lowest BCUT2D eigenvalue weighted by Crippen LogP contribution is -2.34. The van der Waals surface area contributed by atoms with Crippen LogP contribution in [0.2, 0.25) is 0 Å². The number of carbonyl (C=O) groups excluding carboxylic acids is 1. The van der Waals surface area contributed by atoms with Crippen molar-refractivity contribution < 1.29 is 4.79 Å². The average Bonchev–Trinajstić information content (AvgIpc) is 2.97. The summed E-state index contributed by atoms with van der Waals surface area (Å²) in [5, 5.41) is 10.9. The molecule has 0 aliphatic rings. The largest absolute Gasteiger partial charge is 0.311 e. The lowest BCUT2D eigenvalue weighted by atomic mass is 10.1. The second-order valence-corrected chi connectivity index (χ2v) is 5.19. The highest BCUT2D eigenvalue weighted by Crippen LogP contribution is 2.30. The average molecular weight is 294 g/mol. The number of fused-ring (bicyclic) bond motifs is 1. The number of aromatic nitrogens is 2. The van der Waals surface area contributed by atoms with Gasteiger partial charge in [-0.3, -0.25) is 14.8 Å². The number of likely N-dealkylation sites (N-methyl/N-ethyl adjacent to an activating group) is 1. The first kappa shape index (κ1) is 14.3. The summed E-state index contributed by atoms with van der Waals surface area (Å²) in [5.74, 6) is -0.000329. The highest BCUT2D eigenvalue weighted by molar-refractivity contribution is 6.03. The predicted octanol–water partition coefficient (Wildman–Crippen LogP) is 2.76. The van der Waals surface area contributed by atoms with Crippen LogP contribution in [-0.4, -0.2) is 29.7 Å². The summed E-state index contributed by atoms with van der Waals surface area (Å²) in [7, 11) is 1.77. The first-order valence-corrected chi connectivity index (χ1v) is 7.17. The summed E-state index contributed by atoms with van der Waals surface area (Å²) in [4.78, 5) is 14.4. The van der Waals surface area contributed by atoms with Crippen molar-refractivity contribution in [1.29, 1.82) is 0 Å². The van der Waals surface area contributed by atoms with E-state index in [0.29, 0.717) is 0 Å². The minimum atomic E-state index is -0.000329. The quantitative estimate of drug-likeness (QED) is 0.778. The van der Waals surface area contributed by atoms with Crippen molar-refractivity contribution >= 4 is 28.2 Å². The SMILES string of the molecule is CNCC(=O)N(c1ccc2[nH]ncc2c1)c1ccccc1C. The van der Waals surface area contributed by atoms with Gasteiger partial charge in [-0.15, -0.1) is 0 Å². The fourth-order valence-electron chi connectivity index (χ4n) is 2.53. The summed E-state index contributed by atoms with van der Waals surface area (Å²) >= 11 is 0. The highest BCUT2D eigenvalue weighted by atomic mass is 16.2. The standard InChI is InChI=1S/C17H18N4O/c1-12-5-3-4-6-16(12)21(17(22)11-18-2)14-7-8-15-13(9-14)10-19-20-15/h3-10,18H,11H2,1-2H3,(H,19,20). The minimum Gasteiger partial charge on any atom is -0.311 e. The van der Waals surface area contributed by atoms with E-state index >= 15 is 0 Å². The molecule has 2 N–H and O–H groups in total. The Kier molecular flexibility index (Phi) is 3.89. The number of para-hydroxylation sites is 1. The van der Waals surface area contributed by atoms with Crippen LogP contribution in [0.15, 0.2) is 48.7 Å². The predicted molar refractivity (Wildman–Crippen MR) is 88.3 cm³/mol. The van der Waals surface area contributed by atoms with Crippen molar-refractivity contribution in [3.8, 4) is 0 Å². The zero-order valence-electron chi connectivity index (χ0n) is 12.6. The van der Waals surface area contributed by atoms with Crippen LogP contribution < -0.4 is 10.2 Å². The fourth-order valence-corrected chi connectivity index (χ4v) is 2.53. The first-order valence-electron chi connectivity index (χ1n) is 7.17. The van der Waals surface area contributed by atoms with Crippen LogP contribution in [0.1, 0.15) is 5.56 Å². The van der Waals surface area contributed by atoms with Crippen LogP contribution in [0.4, 0.5) is 11.4 Å². The fraction of sp³-hybridized carbons (Fsp3) is 0.176. The first-order chi connectivity index (χ1) is 10.7. The van der Waals surface area contributed by atoms with Crippen molar-refractivity contribution in [2.24, 2.45) is 0 Å². The van der Waals surface area contributed by atoms with Crippen LogP contribution in [0.25, 0.3) is 10.9 Å². The van der Waals surface area contributed by atoms with E-state index in [0.717, 1.165) is 27.8 Å². The van der Waals surface area contributed by atoms with Crippen molar-refractivity contribution in [1.82, 2.24) is 15.5 Å². The maximum absolute atomic E-state index is 12.6.